The number of carbonyl (C=O) groups excluding carboxylic acids is 1. The van der Waals surface area contributed by atoms with Crippen molar-refractivity contribution in [1.82, 2.24) is 10.6 Å². The predicted molar refractivity (Wildman–Crippen MR) is 75.7 cm³/mol. The lowest BCUT2D eigenvalue weighted by molar-refractivity contribution is -0.137. The Morgan fingerprint density at radius 1 is 1.40 bits per heavy atom. The van der Waals surface area contributed by atoms with E-state index in [-0.39, 0.29) is 24.1 Å². The van der Waals surface area contributed by atoms with Crippen molar-refractivity contribution in [2.75, 3.05) is 6.61 Å². The molecule has 1 aliphatic heterocycles. The molecule has 1 heterocycles. The van der Waals surface area contributed by atoms with E-state index in [0.29, 0.717) is 13.0 Å². The minimum atomic E-state index is -0.855. The molecular weight excluding hydrogens is 260 g/mol. The van der Waals surface area contributed by atoms with Crippen LogP contribution in [0.25, 0.3) is 0 Å². The van der Waals surface area contributed by atoms with Crippen molar-refractivity contribution in [2.45, 2.75) is 70.6 Å². The number of hydrogen-bond donors (Lipinski definition) is 3. The lowest BCUT2D eigenvalue weighted by atomic mass is 9.94. The Labute approximate surface area is 120 Å². The van der Waals surface area contributed by atoms with Crippen molar-refractivity contribution in [3.63, 3.8) is 0 Å². The maximum Gasteiger partial charge on any atom is 0.315 e. The molecule has 20 heavy (non-hydrogen) atoms. The van der Waals surface area contributed by atoms with Crippen LogP contribution < -0.4 is 10.6 Å². The molecule has 1 saturated heterocycles. The molecule has 0 aromatic rings. The van der Waals surface area contributed by atoms with Gasteiger partial charge in [0, 0.05) is 24.6 Å². The summed E-state index contributed by atoms with van der Waals surface area (Å²) < 4.78 is 5.61. The quantitative estimate of drug-likeness (QED) is 0.720. The number of ether oxygens (including phenoxy) is 1. The molecule has 2 amide bonds. The van der Waals surface area contributed by atoms with Crippen LogP contribution in [0.2, 0.25) is 0 Å². The lowest BCUT2D eigenvalue weighted by Crippen LogP contribution is -2.53. The number of carboxylic acids is 1. The molecule has 0 spiro atoms. The first-order chi connectivity index (χ1) is 9.10. The smallest absolute Gasteiger partial charge is 0.315 e. The third-order valence-corrected chi connectivity index (χ3v) is 3.45. The van der Waals surface area contributed by atoms with Crippen molar-refractivity contribution in [3.8, 4) is 0 Å². The molecular formula is C14H26N2O4. The predicted octanol–water partition coefficient (Wildman–Crippen LogP) is 1.89. The average Bonchev–Trinajstić information content (AvgIpc) is 2.24. The Morgan fingerprint density at radius 2 is 2.05 bits per heavy atom. The largest absolute Gasteiger partial charge is 0.481 e. The van der Waals surface area contributed by atoms with E-state index in [2.05, 4.69) is 10.6 Å². The summed E-state index contributed by atoms with van der Waals surface area (Å²) in [7, 11) is 0. The molecule has 1 unspecified atom stereocenters. The minimum Gasteiger partial charge on any atom is -0.481 e. The first-order valence-electron chi connectivity index (χ1n) is 7.04. The number of hydrogen-bond acceptors (Lipinski definition) is 3. The maximum atomic E-state index is 12.0. The Balaban J connectivity index is 2.40. The van der Waals surface area contributed by atoms with Crippen LogP contribution in [-0.4, -0.2) is 40.9 Å². The summed E-state index contributed by atoms with van der Waals surface area (Å²) in [5.41, 5.74) is -0.752. The zero-order valence-electron chi connectivity index (χ0n) is 12.8. The second-order valence-electron chi connectivity index (χ2n) is 6.67. The number of urea groups is 1. The molecule has 6 heteroatoms. The maximum absolute atomic E-state index is 12.0. The van der Waals surface area contributed by atoms with Crippen LogP contribution in [0.4, 0.5) is 4.79 Å². The number of aliphatic carboxylic acids is 1. The summed E-state index contributed by atoms with van der Waals surface area (Å²) in [6.45, 7) is 8.30. The SMILES string of the molecule is CC(C)(CCC(=O)O)NC(=O)NC1CCOC(C)(C)C1. The van der Waals surface area contributed by atoms with E-state index in [9.17, 15) is 9.59 Å². The molecule has 0 aromatic carbocycles. The topological polar surface area (TPSA) is 87.7 Å². The standard InChI is InChI=1S/C14H26N2O4/c1-13(2,7-5-11(17)18)16-12(19)15-10-6-8-20-14(3,4)9-10/h10H,5-9H2,1-4H3,(H,17,18)(H2,15,16,19). The van der Waals surface area contributed by atoms with E-state index in [0.717, 1.165) is 12.8 Å². The van der Waals surface area contributed by atoms with Gasteiger partial charge in [-0.05, 0) is 47.0 Å². The van der Waals surface area contributed by atoms with E-state index in [1.165, 1.54) is 0 Å². The molecule has 1 rings (SSSR count). The van der Waals surface area contributed by atoms with E-state index in [1.807, 2.05) is 27.7 Å². The first-order valence-corrected chi connectivity index (χ1v) is 7.04. The monoisotopic (exact) mass is 286 g/mol. The molecule has 6 nitrogen and oxygen atoms in total. The minimum absolute atomic E-state index is 0.0393. The van der Waals surface area contributed by atoms with Gasteiger partial charge in [0.25, 0.3) is 0 Å². The van der Waals surface area contributed by atoms with Crippen LogP contribution in [-0.2, 0) is 9.53 Å². The van der Waals surface area contributed by atoms with Gasteiger partial charge in [-0.15, -0.1) is 0 Å². The van der Waals surface area contributed by atoms with Gasteiger partial charge in [0.2, 0.25) is 0 Å². The summed E-state index contributed by atoms with van der Waals surface area (Å²) in [6.07, 6.45) is 2.01. The number of nitrogens with one attached hydrogen (secondary N) is 2. The van der Waals surface area contributed by atoms with Crippen LogP contribution in [0.5, 0.6) is 0 Å². The van der Waals surface area contributed by atoms with Gasteiger partial charge in [0.15, 0.2) is 0 Å². The summed E-state index contributed by atoms with van der Waals surface area (Å²) in [4.78, 5) is 22.6. The summed E-state index contributed by atoms with van der Waals surface area (Å²) in [6, 6.07) is -0.155. The molecule has 116 valence electrons. The summed E-state index contributed by atoms with van der Waals surface area (Å²) in [5.74, 6) is -0.855. The number of carboxylic acid groups (broad SMARTS) is 1. The van der Waals surface area contributed by atoms with E-state index in [4.69, 9.17) is 9.84 Å². The highest BCUT2D eigenvalue weighted by molar-refractivity contribution is 5.75. The fourth-order valence-corrected chi connectivity index (χ4v) is 2.37. The second kappa shape index (κ2) is 6.43. The lowest BCUT2D eigenvalue weighted by Gasteiger charge is -2.36. The highest BCUT2D eigenvalue weighted by Gasteiger charge is 2.30. The second-order valence-corrected chi connectivity index (χ2v) is 6.67. The van der Waals surface area contributed by atoms with Crippen molar-refractivity contribution >= 4 is 12.0 Å². The van der Waals surface area contributed by atoms with Crippen molar-refractivity contribution < 1.29 is 19.4 Å². The van der Waals surface area contributed by atoms with Crippen molar-refractivity contribution in [1.29, 1.82) is 0 Å². The van der Waals surface area contributed by atoms with Crippen LogP contribution in [0.15, 0.2) is 0 Å². The first kappa shape index (κ1) is 16.8. The molecule has 3 N–H and O–H groups in total. The molecule has 1 aliphatic rings. The van der Waals surface area contributed by atoms with Crippen LogP contribution in [0, 0.1) is 0 Å². The van der Waals surface area contributed by atoms with E-state index < -0.39 is 11.5 Å². The van der Waals surface area contributed by atoms with Gasteiger partial charge in [0.05, 0.1) is 5.60 Å². The molecule has 1 fully saturated rings. The normalized spacial score (nSPS) is 22.1. The number of amides is 2. The number of rotatable bonds is 5. The molecule has 1 atom stereocenters. The zero-order valence-corrected chi connectivity index (χ0v) is 12.8. The third kappa shape index (κ3) is 6.23. The Hall–Kier alpha value is -1.30. The summed E-state index contributed by atoms with van der Waals surface area (Å²) >= 11 is 0. The highest BCUT2D eigenvalue weighted by Crippen LogP contribution is 2.23. The average molecular weight is 286 g/mol. The molecule has 0 saturated carbocycles. The molecule has 0 radical (unpaired) electrons. The van der Waals surface area contributed by atoms with Crippen molar-refractivity contribution in [2.24, 2.45) is 0 Å². The van der Waals surface area contributed by atoms with Crippen LogP contribution >= 0.6 is 0 Å². The third-order valence-electron chi connectivity index (χ3n) is 3.45. The molecule has 0 bridgehead atoms. The zero-order chi connectivity index (χ0) is 15.4. The van der Waals surface area contributed by atoms with Gasteiger partial charge in [0.1, 0.15) is 0 Å². The number of carbonyl (C=O) groups is 2. The van der Waals surface area contributed by atoms with Gasteiger partial charge >= 0.3 is 12.0 Å². The van der Waals surface area contributed by atoms with E-state index >= 15 is 0 Å². The van der Waals surface area contributed by atoms with Crippen LogP contribution in [0.3, 0.4) is 0 Å². The fraction of sp³-hybridized carbons (Fsp3) is 0.857. The molecule has 0 aromatic heterocycles. The Morgan fingerprint density at radius 3 is 2.60 bits per heavy atom. The Bertz CT molecular complexity index is 366. The van der Waals surface area contributed by atoms with Crippen LogP contribution in [0.1, 0.15) is 53.4 Å². The van der Waals surface area contributed by atoms with Gasteiger partial charge in [-0.1, -0.05) is 0 Å². The van der Waals surface area contributed by atoms with Gasteiger partial charge < -0.3 is 20.5 Å². The van der Waals surface area contributed by atoms with E-state index in [1.54, 1.807) is 0 Å². The Kier molecular flexibility index (Phi) is 5.39. The van der Waals surface area contributed by atoms with Gasteiger partial charge in [-0.3, -0.25) is 4.79 Å². The van der Waals surface area contributed by atoms with Gasteiger partial charge in [-0.25, -0.2) is 4.79 Å². The summed E-state index contributed by atoms with van der Waals surface area (Å²) in [5, 5.41) is 14.5. The fourth-order valence-electron chi connectivity index (χ4n) is 2.37. The molecule has 0 aliphatic carbocycles. The van der Waals surface area contributed by atoms with Crippen molar-refractivity contribution in [3.05, 3.63) is 0 Å². The highest BCUT2D eigenvalue weighted by atomic mass is 16.5. The van der Waals surface area contributed by atoms with Gasteiger partial charge in [-0.2, -0.15) is 0 Å².